The van der Waals surface area contributed by atoms with E-state index in [1.54, 1.807) is 0 Å². The molecule has 2 rings (SSSR count). The van der Waals surface area contributed by atoms with Gasteiger partial charge in [0, 0.05) is 11.6 Å². The minimum atomic E-state index is -1.27. The van der Waals surface area contributed by atoms with Gasteiger partial charge in [0.15, 0.2) is 0 Å². The van der Waals surface area contributed by atoms with E-state index < -0.39 is 17.8 Å². The molecule has 0 aliphatic heterocycles. The maximum atomic E-state index is 13.7. The number of carboxylic acid groups (broad SMARTS) is 1. The lowest BCUT2D eigenvalue weighted by Gasteiger charge is -2.03. The zero-order chi connectivity index (χ0) is 13.4. The zero-order valence-electron chi connectivity index (χ0n) is 8.98. The van der Waals surface area contributed by atoms with Gasteiger partial charge in [0.25, 0.3) is 0 Å². The minimum Gasteiger partial charge on any atom is -0.464 e. The summed E-state index contributed by atoms with van der Waals surface area (Å²) in [6.45, 7) is 0. The molecule has 0 saturated carbocycles. The van der Waals surface area contributed by atoms with Crippen LogP contribution in [0.1, 0.15) is 5.56 Å². The average molecular weight is 271 g/mol. The van der Waals surface area contributed by atoms with Gasteiger partial charge in [0.05, 0.1) is 17.0 Å². The van der Waals surface area contributed by atoms with E-state index in [0.717, 1.165) is 10.6 Å². The fourth-order valence-electron chi connectivity index (χ4n) is 1.73. The highest BCUT2D eigenvalue weighted by Gasteiger charge is 2.15. The molecule has 0 atom stereocenters. The molecule has 0 unspecified atom stereocenters. The highest BCUT2D eigenvalue weighted by molar-refractivity contribution is 6.36. The van der Waals surface area contributed by atoms with Crippen molar-refractivity contribution < 1.29 is 19.1 Å². The molecule has 0 spiro atoms. The topological polar surface area (TPSA) is 85.3 Å². The second-order valence-electron chi connectivity index (χ2n) is 3.73. The first-order chi connectivity index (χ1) is 8.40. The molecule has 0 bridgehead atoms. The first kappa shape index (κ1) is 12.4. The van der Waals surface area contributed by atoms with Crippen molar-refractivity contribution in [2.24, 2.45) is 5.73 Å². The normalized spacial score (nSPS) is 10.8. The van der Waals surface area contributed by atoms with E-state index in [0.29, 0.717) is 5.39 Å². The number of nitrogens with two attached hydrogens (primary N) is 1. The van der Waals surface area contributed by atoms with Crippen LogP contribution >= 0.6 is 11.6 Å². The van der Waals surface area contributed by atoms with Crippen LogP contribution in [0.15, 0.2) is 18.3 Å². The number of benzene rings is 1. The van der Waals surface area contributed by atoms with Crippen LogP contribution in [0.25, 0.3) is 10.9 Å². The van der Waals surface area contributed by atoms with Crippen molar-refractivity contribution in [3.63, 3.8) is 0 Å². The zero-order valence-corrected chi connectivity index (χ0v) is 9.74. The highest BCUT2D eigenvalue weighted by atomic mass is 35.5. The van der Waals surface area contributed by atoms with Gasteiger partial charge in [-0.1, -0.05) is 11.6 Å². The Labute approximate surface area is 106 Å². The van der Waals surface area contributed by atoms with E-state index in [4.69, 9.17) is 22.4 Å². The van der Waals surface area contributed by atoms with Gasteiger partial charge in [-0.3, -0.25) is 9.36 Å². The third kappa shape index (κ3) is 2.02. The fourth-order valence-corrected chi connectivity index (χ4v) is 1.98. The standard InChI is InChI=1S/C11H8ClFN2O3/c12-7-4-15(11(17)18)9-3-8(13)5(1-6(7)9)2-10(14)16/h1,3-4H,2H2,(H2,14,16)(H,17,18). The molecule has 7 heteroatoms. The summed E-state index contributed by atoms with van der Waals surface area (Å²) in [5.74, 6) is -1.37. The number of amides is 1. The Morgan fingerprint density at radius 2 is 2.11 bits per heavy atom. The number of fused-ring (bicyclic) bond motifs is 1. The molecule has 1 aromatic carbocycles. The molecule has 0 fully saturated rings. The summed E-state index contributed by atoms with van der Waals surface area (Å²) in [5.41, 5.74) is 5.20. The van der Waals surface area contributed by atoms with Crippen LogP contribution in [0, 0.1) is 5.82 Å². The summed E-state index contributed by atoms with van der Waals surface area (Å²) >= 11 is 5.86. The molecule has 94 valence electrons. The number of aromatic nitrogens is 1. The Morgan fingerprint density at radius 1 is 1.44 bits per heavy atom. The van der Waals surface area contributed by atoms with Crippen molar-refractivity contribution in [2.75, 3.05) is 0 Å². The molecular formula is C11H8ClFN2O3. The molecule has 3 N–H and O–H groups in total. The van der Waals surface area contributed by atoms with Crippen LogP contribution in [0.3, 0.4) is 0 Å². The molecule has 0 aliphatic rings. The lowest BCUT2D eigenvalue weighted by molar-refractivity contribution is -0.117. The summed E-state index contributed by atoms with van der Waals surface area (Å²) in [7, 11) is 0. The van der Waals surface area contributed by atoms with Gasteiger partial charge in [0.2, 0.25) is 5.91 Å². The van der Waals surface area contributed by atoms with E-state index in [9.17, 15) is 14.0 Å². The summed E-state index contributed by atoms with van der Waals surface area (Å²) < 4.78 is 14.5. The van der Waals surface area contributed by atoms with Gasteiger partial charge in [-0.25, -0.2) is 9.18 Å². The first-order valence-electron chi connectivity index (χ1n) is 4.90. The number of carbonyl (C=O) groups excluding carboxylic acids is 1. The molecule has 5 nitrogen and oxygen atoms in total. The number of hydrogen-bond acceptors (Lipinski definition) is 2. The molecule has 0 saturated heterocycles. The van der Waals surface area contributed by atoms with Gasteiger partial charge in [-0.05, 0) is 17.7 Å². The van der Waals surface area contributed by atoms with Crippen molar-refractivity contribution in [1.82, 2.24) is 4.57 Å². The Balaban J connectivity index is 2.69. The van der Waals surface area contributed by atoms with Gasteiger partial charge < -0.3 is 10.8 Å². The first-order valence-corrected chi connectivity index (χ1v) is 5.28. The van der Waals surface area contributed by atoms with E-state index in [1.165, 1.54) is 12.3 Å². The SMILES string of the molecule is NC(=O)Cc1cc2c(Cl)cn(C(=O)O)c2cc1F. The number of halogens is 2. The number of rotatable bonds is 2. The third-order valence-corrected chi connectivity index (χ3v) is 2.80. The van der Waals surface area contributed by atoms with Gasteiger partial charge in [0.1, 0.15) is 5.82 Å². The third-order valence-electron chi connectivity index (χ3n) is 2.49. The Kier molecular flexibility index (Phi) is 2.96. The van der Waals surface area contributed by atoms with Crippen molar-refractivity contribution in [3.05, 3.63) is 34.7 Å². The van der Waals surface area contributed by atoms with Crippen molar-refractivity contribution in [1.29, 1.82) is 0 Å². The molecule has 2 aromatic rings. The lowest BCUT2D eigenvalue weighted by Crippen LogP contribution is -2.14. The lowest BCUT2D eigenvalue weighted by atomic mass is 10.1. The molecule has 1 aromatic heterocycles. The summed E-state index contributed by atoms with van der Waals surface area (Å²) in [6.07, 6.45) is -0.368. The monoisotopic (exact) mass is 270 g/mol. The van der Waals surface area contributed by atoms with Crippen molar-refractivity contribution >= 4 is 34.5 Å². The van der Waals surface area contributed by atoms with Crippen LogP contribution in [0.5, 0.6) is 0 Å². The number of nitrogens with zero attached hydrogens (tertiary/aromatic N) is 1. The molecule has 0 aliphatic carbocycles. The van der Waals surface area contributed by atoms with Crippen LogP contribution < -0.4 is 5.73 Å². The summed E-state index contributed by atoms with van der Waals surface area (Å²) in [6, 6.07) is 2.35. The summed E-state index contributed by atoms with van der Waals surface area (Å²) in [5, 5.41) is 9.43. The van der Waals surface area contributed by atoms with Crippen LogP contribution in [-0.4, -0.2) is 21.7 Å². The fraction of sp³-hybridized carbons (Fsp3) is 0.0909. The van der Waals surface area contributed by atoms with E-state index >= 15 is 0 Å². The van der Waals surface area contributed by atoms with E-state index in [1.807, 2.05) is 0 Å². The quantitative estimate of drug-likeness (QED) is 0.875. The van der Waals surface area contributed by atoms with Crippen molar-refractivity contribution in [3.8, 4) is 0 Å². The number of hydrogen-bond donors (Lipinski definition) is 2. The van der Waals surface area contributed by atoms with Crippen molar-refractivity contribution in [2.45, 2.75) is 6.42 Å². The second-order valence-corrected chi connectivity index (χ2v) is 4.14. The van der Waals surface area contributed by atoms with E-state index in [2.05, 4.69) is 0 Å². The Hall–Kier alpha value is -2.08. The molecular weight excluding hydrogens is 263 g/mol. The van der Waals surface area contributed by atoms with E-state index in [-0.39, 0.29) is 22.5 Å². The maximum absolute atomic E-state index is 13.7. The molecule has 1 heterocycles. The van der Waals surface area contributed by atoms with Gasteiger partial charge in [-0.2, -0.15) is 0 Å². The number of primary amides is 1. The Morgan fingerprint density at radius 3 is 2.67 bits per heavy atom. The molecule has 18 heavy (non-hydrogen) atoms. The number of carbonyl (C=O) groups is 2. The van der Waals surface area contributed by atoms with Gasteiger partial charge >= 0.3 is 6.09 Å². The smallest absolute Gasteiger partial charge is 0.416 e. The molecule has 0 radical (unpaired) electrons. The van der Waals surface area contributed by atoms with Gasteiger partial charge in [-0.15, -0.1) is 0 Å². The van der Waals surface area contributed by atoms with Crippen LogP contribution in [-0.2, 0) is 11.2 Å². The average Bonchev–Trinajstić information content (AvgIpc) is 2.56. The largest absolute Gasteiger partial charge is 0.464 e. The maximum Gasteiger partial charge on any atom is 0.416 e. The predicted molar refractivity (Wildman–Crippen MR) is 63.2 cm³/mol. The highest BCUT2D eigenvalue weighted by Crippen LogP contribution is 2.28. The van der Waals surface area contributed by atoms with Crippen LogP contribution in [0.2, 0.25) is 5.02 Å². The molecule has 1 amide bonds. The predicted octanol–water partition coefficient (Wildman–Crippen LogP) is 1.99. The minimum absolute atomic E-state index is 0.0834. The summed E-state index contributed by atoms with van der Waals surface area (Å²) in [4.78, 5) is 21.7. The Bertz CT molecular complexity index is 666. The second kappa shape index (κ2) is 4.30. The van der Waals surface area contributed by atoms with Crippen LogP contribution in [0.4, 0.5) is 9.18 Å².